The first kappa shape index (κ1) is 20.0. The molecule has 2 aromatic carbocycles. The third-order valence-electron chi connectivity index (χ3n) is 5.04. The average molecular weight is 426 g/mol. The number of carbonyl (C=O) groups excluding carboxylic acids is 3. The first-order chi connectivity index (χ1) is 14.4. The molecule has 0 saturated heterocycles. The first-order valence-corrected chi connectivity index (χ1v) is 10.2. The van der Waals surface area contributed by atoms with Gasteiger partial charge in [0.25, 0.3) is 5.91 Å². The Bertz CT molecular complexity index is 1170. The molecule has 1 atom stereocenters. The minimum atomic E-state index is -0.675. The Labute approximate surface area is 176 Å². The van der Waals surface area contributed by atoms with Gasteiger partial charge in [-0.1, -0.05) is 18.2 Å². The summed E-state index contributed by atoms with van der Waals surface area (Å²) >= 11 is 1.13. The van der Waals surface area contributed by atoms with Crippen LogP contribution in [0.5, 0.6) is 0 Å². The zero-order valence-electron chi connectivity index (χ0n) is 16.4. The number of hydrogen-bond donors (Lipinski definition) is 1. The highest BCUT2D eigenvalue weighted by atomic mass is 32.1. The van der Waals surface area contributed by atoms with E-state index in [0.29, 0.717) is 27.0 Å². The van der Waals surface area contributed by atoms with Crippen LogP contribution in [0.15, 0.2) is 42.5 Å². The Morgan fingerprint density at radius 3 is 2.77 bits per heavy atom. The van der Waals surface area contributed by atoms with Gasteiger partial charge in [0.05, 0.1) is 11.4 Å². The summed E-state index contributed by atoms with van der Waals surface area (Å²) in [5, 5.41) is 3.17. The molecule has 0 spiro atoms. The molecule has 0 radical (unpaired) electrons. The first-order valence-electron chi connectivity index (χ1n) is 9.42. The number of thiophene rings is 1. The van der Waals surface area contributed by atoms with Crippen LogP contribution in [0.4, 0.5) is 15.8 Å². The van der Waals surface area contributed by atoms with Gasteiger partial charge in [0.2, 0.25) is 5.91 Å². The van der Waals surface area contributed by atoms with Gasteiger partial charge in [0.1, 0.15) is 10.7 Å². The average Bonchev–Trinajstić information content (AvgIpc) is 2.98. The molecule has 8 heteroatoms. The van der Waals surface area contributed by atoms with Crippen LogP contribution < -0.4 is 10.2 Å². The Morgan fingerprint density at radius 2 is 2.00 bits per heavy atom. The highest BCUT2D eigenvalue weighted by Gasteiger charge is 2.30. The molecule has 0 bridgehead atoms. The number of rotatable bonds is 3. The van der Waals surface area contributed by atoms with Crippen molar-refractivity contribution in [3.05, 3.63) is 58.7 Å². The second-order valence-corrected chi connectivity index (χ2v) is 8.18. The number of esters is 1. The lowest BCUT2D eigenvalue weighted by Gasteiger charge is -2.27. The number of benzene rings is 2. The smallest absolute Gasteiger partial charge is 0.349 e. The molecule has 3 aromatic rings. The third kappa shape index (κ3) is 3.54. The van der Waals surface area contributed by atoms with E-state index in [2.05, 4.69) is 5.32 Å². The number of aryl methyl sites for hydroxylation is 1. The molecular formula is C22H19FN2O4S. The number of halogens is 1. The van der Waals surface area contributed by atoms with Gasteiger partial charge in [-0.05, 0) is 43.7 Å². The van der Waals surface area contributed by atoms with Gasteiger partial charge in [0.15, 0.2) is 6.61 Å². The number of carbonyl (C=O) groups is 3. The van der Waals surface area contributed by atoms with E-state index in [4.69, 9.17) is 4.74 Å². The molecule has 30 heavy (non-hydrogen) atoms. The number of anilines is 2. The predicted octanol–water partition coefficient (Wildman–Crippen LogP) is 4.27. The summed E-state index contributed by atoms with van der Waals surface area (Å²) in [5.74, 6) is -1.70. The fraction of sp³-hybridized carbons (Fsp3) is 0.227. The van der Waals surface area contributed by atoms with Crippen LogP contribution in [0, 0.1) is 12.7 Å². The van der Waals surface area contributed by atoms with E-state index >= 15 is 0 Å². The predicted molar refractivity (Wildman–Crippen MR) is 113 cm³/mol. The molecule has 0 aliphatic carbocycles. The summed E-state index contributed by atoms with van der Waals surface area (Å²) in [6.07, 6.45) is 0.128. The summed E-state index contributed by atoms with van der Waals surface area (Å²) in [7, 11) is 0. The number of ether oxygens (including phenoxy) is 1. The molecule has 1 unspecified atom stereocenters. The summed E-state index contributed by atoms with van der Waals surface area (Å²) < 4.78 is 20.0. The van der Waals surface area contributed by atoms with E-state index in [-0.39, 0.29) is 17.2 Å². The van der Waals surface area contributed by atoms with Crippen molar-refractivity contribution in [2.45, 2.75) is 26.3 Å². The second kappa shape index (κ2) is 7.87. The zero-order chi connectivity index (χ0) is 21.4. The zero-order valence-corrected chi connectivity index (χ0v) is 17.2. The number of nitrogens with zero attached hydrogens (tertiary/aromatic N) is 1. The molecule has 0 fully saturated rings. The van der Waals surface area contributed by atoms with Crippen LogP contribution in [0.1, 0.15) is 28.6 Å². The molecule has 0 saturated carbocycles. The largest absolute Gasteiger partial charge is 0.451 e. The number of amides is 2. The molecule has 6 nitrogen and oxygen atoms in total. The van der Waals surface area contributed by atoms with Crippen molar-refractivity contribution in [1.29, 1.82) is 0 Å². The van der Waals surface area contributed by atoms with E-state index < -0.39 is 30.3 Å². The van der Waals surface area contributed by atoms with Crippen LogP contribution in [0.2, 0.25) is 0 Å². The molecule has 4 rings (SSSR count). The van der Waals surface area contributed by atoms with Gasteiger partial charge < -0.3 is 15.0 Å². The number of fused-ring (bicyclic) bond motifs is 2. The molecule has 1 aromatic heterocycles. The van der Waals surface area contributed by atoms with Crippen molar-refractivity contribution in [2.75, 3.05) is 16.8 Å². The second-order valence-electron chi connectivity index (χ2n) is 7.13. The van der Waals surface area contributed by atoms with E-state index in [9.17, 15) is 18.8 Å². The minimum absolute atomic E-state index is 0.128. The SMILES string of the molecule is Cc1c(C(=O)OCC(=O)N2c3ccccc3NC(=O)CC2C)sc2cccc(F)c12. The number of hydrogen-bond acceptors (Lipinski definition) is 5. The number of para-hydroxylation sites is 2. The van der Waals surface area contributed by atoms with Gasteiger partial charge in [0, 0.05) is 22.5 Å². The molecule has 1 aliphatic heterocycles. The molecule has 154 valence electrons. The fourth-order valence-corrected chi connectivity index (χ4v) is 4.79. The van der Waals surface area contributed by atoms with Crippen molar-refractivity contribution in [1.82, 2.24) is 0 Å². The van der Waals surface area contributed by atoms with Crippen LogP contribution in [-0.4, -0.2) is 30.4 Å². The molecule has 2 amide bonds. The Hall–Kier alpha value is -3.26. The summed E-state index contributed by atoms with van der Waals surface area (Å²) in [4.78, 5) is 39.3. The quantitative estimate of drug-likeness (QED) is 0.635. The van der Waals surface area contributed by atoms with Gasteiger partial charge >= 0.3 is 5.97 Å². The van der Waals surface area contributed by atoms with Crippen molar-refractivity contribution in [2.24, 2.45) is 0 Å². The highest BCUT2D eigenvalue weighted by molar-refractivity contribution is 7.21. The Morgan fingerprint density at radius 1 is 1.23 bits per heavy atom. The standard InChI is InChI=1S/C22H19FN2O4S/c1-12-10-18(26)24-15-7-3-4-8-16(15)25(12)19(27)11-29-22(28)21-13(2)20-14(23)6-5-9-17(20)30-21/h3-9,12H,10-11H2,1-2H3,(H,24,26). The molecule has 2 heterocycles. The maximum Gasteiger partial charge on any atom is 0.349 e. The Balaban J connectivity index is 1.55. The maximum atomic E-state index is 14.1. The van der Waals surface area contributed by atoms with E-state index in [1.165, 1.54) is 11.0 Å². The van der Waals surface area contributed by atoms with E-state index in [1.54, 1.807) is 50.2 Å². The van der Waals surface area contributed by atoms with E-state index in [1.807, 2.05) is 0 Å². The van der Waals surface area contributed by atoms with Gasteiger partial charge in [-0.25, -0.2) is 9.18 Å². The monoisotopic (exact) mass is 426 g/mol. The lowest BCUT2D eigenvalue weighted by molar-refractivity contribution is -0.122. The van der Waals surface area contributed by atoms with Crippen LogP contribution in [0.25, 0.3) is 10.1 Å². The van der Waals surface area contributed by atoms with Gasteiger partial charge in [-0.2, -0.15) is 0 Å². The lowest BCUT2D eigenvalue weighted by Crippen LogP contribution is -2.41. The van der Waals surface area contributed by atoms with Gasteiger partial charge in [-0.15, -0.1) is 11.3 Å². The van der Waals surface area contributed by atoms with Crippen molar-refractivity contribution in [3.8, 4) is 0 Å². The van der Waals surface area contributed by atoms with Crippen LogP contribution in [-0.2, 0) is 14.3 Å². The fourth-order valence-electron chi connectivity index (χ4n) is 3.68. The minimum Gasteiger partial charge on any atom is -0.451 e. The highest BCUT2D eigenvalue weighted by Crippen LogP contribution is 2.34. The van der Waals surface area contributed by atoms with Crippen molar-refractivity contribution >= 4 is 50.6 Å². The molecule has 1 aliphatic rings. The maximum absolute atomic E-state index is 14.1. The number of nitrogens with one attached hydrogen (secondary N) is 1. The molecule has 1 N–H and O–H groups in total. The van der Waals surface area contributed by atoms with Crippen molar-refractivity contribution < 1.29 is 23.5 Å². The van der Waals surface area contributed by atoms with E-state index in [0.717, 1.165) is 11.3 Å². The van der Waals surface area contributed by atoms with Crippen LogP contribution in [0.3, 0.4) is 0 Å². The summed E-state index contributed by atoms with van der Waals surface area (Å²) in [5.41, 5.74) is 1.58. The Kier molecular flexibility index (Phi) is 5.26. The topological polar surface area (TPSA) is 75.7 Å². The van der Waals surface area contributed by atoms with Crippen LogP contribution >= 0.6 is 11.3 Å². The van der Waals surface area contributed by atoms with Crippen molar-refractivity contribution in [3.63, 3.8) is 0 Å². The normalized spacial score (nSPS) is 16.0. The summed E-state index contributed by atoms with van der Waals surface area (Å²) in [6.45, 7) is 2.94. The van der Waals surface area contributed by atoms with Gasteiger partial charge in [-0.3, -0.25) is 9.59 Å². The molecular weight excluding hydrogens is 407 g/mol. The lowest BCUT2D eigenvalue weighted by atomic mass is 10.1. The third-order valence-corrected chi connectivity index (χ3v) is 6.28. The summed E-state index contributed by atoms with van der Waals surface area (Å²) in [6, 6.07) is 11.2.